The lowest BCUT2D eigenvalue weighted by Crippen LogP contribution is -2.08. The highest BCUT2D eigenvalue weighted by molar-refractivity contribution is 7.71. The maximum Gasteiger partial charge on any atom is 0.179 e. The Morgan fingerprint density at radius 2 is 2.00 bits per heavy atom. The van der Waals surface area contributed by atoms with E-state index in [1.54, 1.807) is 13.4 Å². The van der Waals surface area contributed by atoms with Crippen molar-refractivity contribution in [2.24, 2.45) is 0 Å². The fourth-order valence-electron chi connectivity index (χ4n) is 2.45. The Labute approximate surface area is 117 Å². The average Bonchev–Trinajstić information content (AvgIpc) is 2.37. The first-order chi connectivity index (χ1) is 9.29. The summed E-state index contributed by atoms with van der Waals surface area (Å²) >= 11 is 5.18. The largest absolute Gasteiger partial charge is 0.491 e. The predicted octanol–water partition coefficient (Wildman–Crippen LogP) is 4.08. The molecule has 1 aromatic carbocycles. The number of benzene rings is 1. The smallest absolute Gasteiger partial charge is 0.179 e. The standard InChI is InChI=1S/C15H16N2OS/c1-18-14-13(16-9-17-15(14)19)12-7-5-11(6-8-12)10-3-2-4-10/h5-10H,2-4H2,1H3,(H,16,17,19). The number of H-pyrrole nitrogens is 1. The second-order valence-electron chi connectivity index (χ2n) is 4.87. The summed E-state index contributed by atoms with van der Waals surface area (Å²) in [6.07, 6.45) is 5.61. The Hall–Kier alpha value is -1.68. The Bertz CT molecular complexity index is 629. The zero-order chi connectivity index (χ0) is 13.2. The monoisotopic (exact) mass is 272 g/mol. The van der Waals surface area contributed by atoms with Crippen LogP contribution in [0.1, 0.15) is 30.7 Å². The summed E-state index contributed by atoms with van der Waals surface area (Å²) in [6, 6.07) is 8.65. The van der Waals surface area contributed by atoms with E-state index in [2.05, 4.69) is 34.2 Å². The van der Waals surface area contributed by atoms with Crippen molar-refractivity contribution in [3.63, 3.8) is 0 Å². The van der Waals surface area contributed by atoms with Gasteiger partial charge in [-0.15, -0.1) is 0 Å². The van der Waals surface area contributed by atoms with Crippen LogP contribution >= 0.6 is 12.2 Å². The van der Waals surface area contributed by atoms with Gasteiger partial charge in [0.25, 0.3) is 0 Å². The number of aromatic amines is 1. The van der Waals surface area contributed by atoms with Gasteiger partial charge in [0, 0.05) is 5.56 Å². The molecule has 1 N–H and O–H groups in total. The number of ether oxygens (including phenoxy) is 1. The molecule has 19 heavy (non-hydrogen) atoms. The maximum absolute atomic E-state index is 5.34. The number of hydrogen-bond acceptors (Lipinski definition) is 3. The van der Waals surface area contributed by atoms with Crippen LogP contribution in [0.3, 0.4) is 0 Å². The molecule has 0 saturated heterocycles. The fourth-order valence-corrected chi connectivity index (χ4v) is 2.69. The molecule has 1 fully saturated rings. The van der Waals surface area contributed by atoms with Gasteiger partial charge in [0.1, 0.15) is 0 Å². The summed E-state index contributed by atoms with van der Waals surface area (Å²) < 4.78 is 5.83. The van der Waals surface area contributed by atoms with Crippen LogP contribution in [0.2, 0.25) is 0 Å². The molecule has 0 bridgehead atoms. The Morgan fingerprint density at radius 3 is 2.58 bits per heavy atom. The molecule has 1 heterocycles. The lowest BCUT2D eigenvalue weighted by atomic mass is 9.80. The van der Waals surface area contributed by atoms with E-state index in [9.17, 15) is 0 Å². The number of nitrogens with zero attached hydrogens (tertiary/aromatic N) is 1. The van der Waals surface area contributed by atoms with Crippen molar-refractivity contribution in [2.75, 3.05) is 7.11 Å². The van der Waals surface area contributed by atoms with Crippen molar-refractivity contribution in [1.82, 2.24) is 9.97 Å². The molecule has 2 aromatic rings. The molecule has 0 spiro atoms. The molecule has 0 amide bonds. The summed E-state index contributed by atoms with van der Waals surface area (Å²) in [7, 11) is 1.62. The molecule has 1 aromatic heterocycles. The molecule has 1 aliphatic rings. The summed E-state index contributed by atoms with van der Waals surface area (Å²) in [4.78, 5) is 7.16. The fraction of sp³-hybridized carbons (Fsp3) is 0.333. The van der Waals surface area contributed by atoms with E-state index in [4.69, 9.17) is 17.0 Å². The van der Waals surface area contributed by atoms with Gasteiger partial charge in [0.05, 0.1) is 19.1 Å². The Balaban J connectivity index is 1.98. The quantitative estimate of drug-likeness (QED) is 0.855. The molecule has 0 unspecified atom stereocenters. The van der Waals surface area contributed by atoms with Gasteiger partial charge in [-0.1, -0.05) is 42.9 Å². The first kappa shape index (κ1) is 12.4. The third-order valence-electron chi connectivity index (χ3n) is 3.79. The highest BCUT2D eigenvalue weighted by Gasteiger charge is 2.19. The average molecular weight is 272 g/mol. The first-order valence-electron chi connectivity index (χ1n) is 6.51. The topological polar surface area (TPSA) is 37.9 Å². The van der Waals surface area contributed by atoms with E-state index in [-0.39, 0.29) is 0 Å². The SMILES string of the molecule is COc1c(-c2ccc(C3CCC3)cc2)[nH]cnc1=S. The van der Waals surface area contributed by atoms with Crippen LogP contribution in [0.15, 0.2) is 30.6 Å². The third-order valence-corrected chi connectivity index (χ3v) is 4.08. The van der Waals surface area contributed by atoms with Crippen molar-refractivity contribution in [1.29, 1.82) is 0 Å². The molecule has 0 aliphatic heterocycles. The molecule has 1 saturated carbocycles. The van der Waals surface area contributed by atoms with Gasteiger partial charge in [0.15, 0.2) is 10.4 Å². The Kier molecular flexibility index (Phi) is 3.34. The molecular weight excluding hydrogens is 256 g/mol. The number of methoxy groups -OCH3 is 1. The number of rotatable bonds is 3. The molecule has 4 heteroatoms. The van der Waals surface area contributed by atoms with Crippen molar-refractivity contribution in [3.05, 3.63) is 40.8 Å². The highest BCUT2D eigenvalue weighted by atomic mass is 32.1. The molecule has 0 radical (unpaired) electrons. The summed E-state index contributed by atoms with van der Waals surface area (Å²) in [5.41, 5.74) is 3.40. The summed E-state index contributed by atoms with van der Waals surface area (Å²) in [6.45, 7) is 0. The minimum atomic E-state index is 0.485. The molecular formula is C15H16N2OS. The van der Waals surface area contributed by atoms with E-state index in [0.29, 0.717) is 10.4 Å². The summed E-state index contributed by atoms with van der Waals surface area (Å²) in [5.74, 6) is 1.39. The Morgan fingerprint density at radius 1 is 1.26 bits per heavy atom. The molecule has 0 atom stereocenters. The van der Waals surface area contributed by atoms with Gasteiger partial charge in [-0.25, -0.2) is 4.98 Å². The first-order valence-corrected chi connectivity index (χ1v) is 6.92. The van der Waals surface area contributed by atoms with Gasteiger partial charge in [-0.2, -0.15) is 0 Å². The number of nitrogens with one attached hydrogen (secondary N) is 1. The van der Waals surface area contributed by atoms with E-state index in [0.717, 1.165) is 17.2 Å². The molecule has 3 rings (SSSR count). The third kappa shape index (κ3) is 2.28. The maximum atomic E-state index is 5.34. The van der Waals surface area contributed by atoms with Crippen LogP contribution in [-0.2, 0) is 0 Å². The molecule has 3 nitrogen and oxygen atoms in total. The lowest BCUT2D eigenvalue weighted by Gasteiger charge is -2.25. The van der Waals surface area contributed by atoms with E-state index in [1.807, 2.05) is 0 Å². The second kappa shape index (κ2) is 5.13. The minimum Gasteiger partial charge on any atom is -0.491 e. The van der Waals surface area contributed by atoms with Crippen LogP contribution in [-0.4, -0.2) is 17.1 Å². The van der Waals surface area contributed by atoms with Gasteiger partial charge >= 0.3 is 0 Å². The van der Waals surface area contributed by atoms with Crippen molar-refractivity contribution >= 4 is 12.2 Å². The van der Waals surface area contributed by atoms with Crippen LogP contribution in [0.25, 0.3) is 11.3 Å². The van der Waals surface area contributed by atoms with Crippen molar-refractivity contribution in [2.45, 2.75) is 25.2 Å². The lowest BCUT2D eigenvalue weighted by molar-refractivity contribution is 0.410. The minimum absolute atomic E-state index is 0.485. The van der Waals surface area contributed by atoms with Crippen molar-refractivity contribution < 1.29 is 4.74 Å². The molecule has 98 valence electrons. The summed E-state index contributed by atoms with van der Waals surface area (Å²) in [5, 5.41) is 0. The van der Waals surface area contributed by atoms with E-state index < -0.39 is 0 Å². The number of aromatic nitrogens is 2. The highest BCUT2D eigenvalue weighted by Crippen LogP contribution is 2.37. The van der Waals surface area contributed by atoms with Gasteiger partial charge in [-0.3, -0.25) is 0 Å². The van der Waals surface area contributed by atoms with Crippen LogP contribution in [0.5, 0.6) is 5.75 Å². The van der Waals surface area contributed by atoms with E-state index in [1.165, 1.54) is 24.8 Å². The van der Waals surface area contributed by atoms with Crippen molar-refractivity contribution in [3.8, 4) is 17.0 Å². The van der Waals surface area contributed by atoms with Gasteiger partial charge in [0.2, 0.25) is 0 Å². The second-order valence-corrected chi connectivity index (χ2v) is 5.25. The predicted molar refractivity (Wildman–Crippen MR) is 78.0 cm³/mol. The normalized spacial score (nSPS) is 15.0. The van der Waals surface area contributed by atoms with Crippen LogP contribution < -0.4 is 4.74 Å². The van der Waals surface area contributed by atoms with Gasteiger partial charge < -0.3 is 9.72 Å². The molecule has 1 aliphatic carbocycles. The zero-order valence-electron chi connectivity index (χ0n) is 10.8. The zero-order valence-corrected chi connectivity index (χ0v) is 11.7. The van der Waals surface area contributed by atoms with E-state index >= 15 is 0 Å². The van der Waals surface area contributed by atoms with Crippen LogP contribution in [0.4, 0.5) is 0 Å². The number of hydrogen-bond donors (Lipinski definition) is 1. The van der Waals surface area contributed by atoms with Gasteiger partial charge in [-0.05, 0) is 24.3 Å². The van der Waals surface area contributed by atoms with Crippen LogP contribution in [0, 0.1) is 4.64 Å².